The number of carboxylic acids is 1. The molecule has 23 heteroatoms. The first-order valence-electron chi connectivity index (χ1n) is 35.6. The normalized spacial score (nSPS) is 28.4. The maximum Gasteiger partial charge on any atom is 0.364 e. The number of unbranched alkanes of at least 4 members (excludes halogenated alkanes) is 34. The predicted molar refractivity (Wildman–Crippen MR) is 343 cm³/mol. The number of nitrogens with one attached hydrogen (secondary N) is 2. The highest BCUT2D eigenvalue weighted by Gasteiger charge is 2.60. The van der Waals surface area contributed by atoms with Crippen LogP contribution in [0.2, 0.25) is 0 Å². The number of carboxylic acid groups (broad SMARTS) is 1. The van der Waals surface area contributed by atoms with Gasteiger partial charge in [-0.2, -0.15) is 0 Å². The third-order valence-electron chi connectivity index (χ3n) is 18.2. The van der Waals surface area contributed by atoms with Crippen LogP contribution in [0.3, 0.4) is 0 Å². The van der Waals surface area contributed by atoms with Gasteiger partial charge in [0.15, 0.2) is 12.6 Å². The van der Waals surface area contributed by atoms with Crippen LogP contribution in [-0.2, 0) is 42.8 Å². The van der Waals surface area contributed by atoms with E-state index in [4.69, 9.17) is 28.4 Å². The molecule has 0 bridgehead atoms. The van der Waals surface area contributed by atoms with E-state index in [0.29, 0.717) is 12.8 Å². The van der Waals surface area contributed by atoms with E-state index in [0.717, 1.165) is 51.9 Å². The molecule has 18 unspecified atom stereocenters. The summed E-state index contributed by atoms with van der Waals surface area (Å²) < 4.78 is 34.8. The fourth-order valence-electron chi connectivity index (χ4n) is 12.5. The summed E-state index contributed by atoms with van der Waals surface area (Å²) in [5, 5.41) is 136. The average Bonchev–Trinajstić information content (AvgIpc) is 0.769. The first-order valence-corrected chi connectivity index (χ1v) is 35.6. The standard InChI is InChI=1S/C68H126N2O21/c1-4-6-8-10-12-14-16-18-20-21-22-23-24-25-26-27-28-29-31-33-35-37-39-41-50(75)49(70-55(78)42-40-38-36-34-32-30-19-17-15-13-11-9-7-5-2)47-86-65-60(82)59(81)62(54(46-73)88-65)89-66-61(83)64(58(80)53(45-72)87-66)91-68(67(84)85)43-51(76)56(69-48(3)74)63(90-68)57(79)52(77)44-71/h39,41,49-54,56-66,71-73,75-77,79-83H,4-38,40,42-47H2,1-3H3,(H,69,74)(H,70,78)(H,84,85)/b41-39+. The molecule has 2 amide bonds. The smallest absolute Gasteiger partial charge is 0.364 e. The lowest BCUT2D eigenvalue weighted by Gasteiger charge is -2.50. The molecule has 0 radical (unpaired) electrons. The van der Waals surface area contributed by atoms with Crippen LogP contribution in [0.15, 0.2) is 12.2 Å². The van der Waals surface area contributed by atoms with Crippen molar-refractivity contribution < 1.29 is 104 Å². The molecular weight excluding hydrogens is 1180 g/mol. The number of aliphatic hydroxyl groups is 11. The predicted octanol–water partition coefficient (Wildman–Crippen LogP) is 6.68. The van der Waals surface area contributed by atoms with Crippen molar-refractivity contribution in [3.8, 4) is 0 Å². The molecule has 0 saturated carbocycles. The van der Waals surface area contributed by atoms with Crippen molar-refractivity contribution in [2.24, 2.45) is 0 Å². The van der Waals surface area contributed by atoms with Crippen LogP contribution in [0.1, 0.15) is 265 Å². The van der Waals surface area contributed by atoms with Crippen molar-refractivity contribution >= 4 is 17.8 Å². The highest BCUT2D eigenvalue weighted by molar-refractivity contribution is 5.77. The Morgan fingerprint density at radius 1 is 0.571 bits per heavy atom. The van der Waals surface area contributed by atoms with Crippen molar-refractivity contribution in [3.05, 3.63) is 12.2 Å². The number of allylic oxidation sites excluding steroid dienone is 1. The lowest BCUT2D eigenvalue weighted by molar-refractivity contribution is -0.386. The Bertz CT molecular complexity index is 1890. The number of aliphatic carboxylic acids is 1. The molecule has 3 saturated heterocycles. The average molecular weight is 1310 g/mol. The SMILES string of the molecule is CCCCCCCCCCCCCCCCCCCCCCC/C=C/C(O)C(COC1OC(CO)C(OC2OC(CO)C(O)C(OC3(C(=O)O)CC(O)C(NC(C)=O)C(C(O)C(O)CO)O3)C2O)C(O)C1O)NC(=O)CCCCCCCCCCCCCCCC. The number of hydrogen-bond acceptors (Lipinski definition) is 20. The van der Waals surface area contributed by atoms with Crippen LogP contribution in [0.5, 0.6) is 0 Å². The van der Waals surface area contributed by atoms with Gasteiger partial charge in [-0.25, -0.2) is 4.79 Å². The topological polar surface area (TPSA) is 373 Å². The van der Waals surface area contributed by atoms with Gasteiger partial charge in [-0.15, -0.1) is 0 Å². The van der Waals surface area contributed by atoms with Gasteiger partial charge in [-0.1, -0.05) is 238 Å². The van der Waals surface area contributed by atoms with Crippen molar-refractivity contribution in [2.45, 2.75) is 375 Å². The molecule has 91 heavy (non-hydrogen) atoms. The van der Waals surface area contributed by atoms with Gasteiger partial charge in [0.05, 0.1) is 50.7 Å². The molecule has 3 heterocycles. The molecule has 534 valence electrons. The fourth-order valence-corrected chi connectivity index (χ4v) is 12.5. The van der Waals surface area contributed by atoms with E-state index in [9.17, 15) is 75.7 Å². The quantitative estimate of drug-likeness (QED) is 0.0223. The highest BCUT2D eigenvalue weighted by atomic mass is 16.8. The van der Waals surface area contributed by atoms with E-state index in [-0.39, 0.29) is 12.3 Å². The molecule has 3 fully saturated rings. The third-order valence-corrected chi connectivity index (χ3v) is 18.2. The Morgan fingerprint density at radius 3 is 1.46 bits per heavy atom. The number of hydrogen-bond donors (Lipinski definition) is 14. The molecule has 0 aromatic rings. The maximum atomic E-state index is 13.4. The summed E-state index contributed by atoms with van der Waals surface area (Å²) in [6.45, 7) is 2.15. The highest BCUT2D eigenvalue weighted by Crippen LogP contribution is 2.39. The lowest BCUT2D eigenvalue weighted by atomic mass is 9.88. The van der Waals surface area contributed by atoms with E-state index in [2.05, 4.69) is 24.5 Å². The molecule has 23 nitrogen and oxygen atoms in total. The summed E-state index contributed by atoms with van der Waals surface area (Å²) in [4.78, 5) is 38.5. The third kappa shape index (κ3) is 31.5. The molecule has 0 aromatic carbocycles. The molecule has 0 aliphatic carbocycles. The van der Waals surface area contributed by atoms with E-state index in [1.807, 2.05) is 6.08 Å². The van der Waals surface area contributed by atoms with Crippen molar-refractivity contribution in [3.63, 3.8) is 0 Å². The van der Waals surface area contributed by atoms with Gasteiger partial charge in [0.2, 0.25) is 11.8 Å². The second kappa shape index (κ2) is 49.1. The van der Waals surface area contributed by atoms with Gasteiger partial charge in [0.25, 0.3) is 5.79 Å². The van der Waals surface area contributed by atoms with E-state index < -0.39 is 155 Å². The minimum absolute atomic E-state index is 0.205. The van der Waals surface area contributed by atoms with Crippen molar-refractivity contribution in [1.82, 2.24) is 10.6 Å². The summed E-state index contributed by atoms with van der Waals surface area (Å²) in [5.74, 6) is -6.14. The summed E-state index contributed by atoms with van der Waals surface area (Å²) >= 11 is 0. The molecule has 3 rings (SSSR count). The van der Waals surface area contributed by atoms with E-state index in [1.54, 1.807) is 6.08 Å². The number of ether oxygens (including phenoxy) is 6. The fraction of sp³-hybridized carbons (Fsp3) is 0.926. The zero-order valence-corrected chi connectivity index (χ0v) is 55.7. The summed E-state index contributed by atoms with van der Waals surface area (Å²) in [7, 11) is 0. The van der Waals surface area contributed by atoms with Crippen LogP contribution in [0.4, 0.5) is 0 Å². The Hall–Kier alpha value is -2.53. The van der Waals surface area contributed by atoms with Crippen LogP contribution in [-0.4, -0.2) is 215 Å². The van der Waals surface area contributed by atoms with Crippen molar-refractivity contribution in [2.75, 3.05) is 26.4 Å². The monoisotopic (exact) mass is 1310 g/mol. The molecular formula is C68H126N2O21. The molecule has 0 spiro atoms. The number of carbonyl (C=O) groups is 3. The molecule has 3 aliphatic rings. The lowest BCUT2D eigenvalue weighted by Crippen LogP contribution is -2.70. The Kier molecular flexibility index (Phi) is 44.6. The summed E-state index contributed by atoms with van der Waals surface area (Å²) in [6, 6.07) is -2.61. The van der Waals surface area contributed by atoms with Gasteiger partial charge in [-0.3, -0.25) is 9.59 Å². The van der Waals surface area contributed by atoms with Crippen LogP contribution >= 0.6 is 0 Å². The van der Waals surface area contributed by atoms with E-state index >= 15 is 0 Å². The van der Waals surface area contributed by atoms with Crippen LogP contribution in [0, 0.1) is 0 Å². The Balaban J connectivity index is 1.58. The zero-order chi connectivity index (χ0) is 66.8. The zero-order valence-electron chi connectivity index (χ0n) is 55.7. The molecule has 18 atom stereocenters. The minimum atomic E-state index is -3.08. The second-order valence-electron chi connectivity index (χ2n) is 26.1. The summed E-state index contributed by atoms with van der Waals surface area (Å²) in [6.07, 6.45) is 18.3. The van der Waals surface area contributed by atoms with Crippen molar-refractivity contribution in [1.29, 1.82) is 0 Å². The van der Waals surface area contributed by atoms with Gasteiger partial charge < -0.3 is 100 Å². The molecule has 0 aromatic heterocycles. The number of rotatable bonds is 54. The van der Waals surface area contributed by atoms with Gasteiger partial charge >= 0.3 is 5.97 Å². The minimum Gasteiger partial charge on any atom is -0.477 e. The Labute approximate surface area is 543 Å². The molecule has 14 N–H and O–H groups in total. The van der Waals surface area contributed by atoms with Gasteiger partial charge in [0.1, 0.15) is 67.1 Å². The number of amides is 2. The number of carbonyl (C=O) groups excluding carboxylic acids is 2. The van der Waals surface area contributed by atoms with Crippen LogP contribution in [0.25, 0.3) is 0 Å². The first-order chi connectivity index (χ1) is 43.9. The largest absolute Gasteiger partial charge is 0.477 e. The summed E-state index contributed by atoms with van der Waals surface area (Å²) in [5.41, 5.74) is 0. The van der Waals surface area contributed by atoms with Crippen LogP contribution < -0.4 is 10.6 Å². The van der Waals surface area contributed by atoms with Gasteiger partial charge in [-0.05, 0) is 19.3 Å². The maximum absolute atomic E-state index is 13.4. The van der Waals surface area contributed by atoms with Gasteiger partial charge in [0, 0.05) is 19.8 Å². The molecule has 3 aliphatic heterocycles. The second-order valence-corrected chi connectivity index (χ2v) is 26.1. The Morgan fingerprint density at radius 2 is 1.02 bits per heavy atom. The first kappa shape index (κ1) is 82.7. The number of aliphatic hydroxyl groups excluding tert-OH is 11. The van der Waals surface area contributed by atoms with E-state index in [1.165, 1.54) is 173 Å².